The van der Waals surface area contributed by atoms with Crippen molar-refractivity contribution in [3.63, 3.8) is 0 Å². The zero-order chi connectivity index (χ0) is 4.65. The number of rotatable bonds is 0. The van der Waals surface area contributed by atoms with Crippen LogP contribution in [0.1, 0.15) is 0 Å². The molecule has 0 fully saturated rings. The molecule has 0 radical (unpaired) electrons. The number of aromatic amines is 1. The molecule has 0 aliphatic carbocycles. The van der Waals surface area contributed by atoms with Crippen LogP contribution in [0, 0.1) is 0 Å². The number of fused-ring (bicyclic) bond motifs is 1. The average molecular weight is 114 g/mol. The first-order valence-electron chi connectivity index (χ1n) is 1.97. The summed E-state index contributed by atoms with van der Waals surface area (Å²) in [7, 11) is -1.90. The number of nitrogens with one attached hydrogen (secondary N) is 1. The standard InChI is InChI=1S/C2N3OP/c6-7-1-2(7)5(7)4-3-1/p+1. The van der Waals surface area contributed by atoms with E-state index < -0.39 is 7.29 Å². The number of nitrogens with zero attached hydrogens (tertiary/aromatic N) is 2. The third kappa shape index (κ3) is 0.0877. The minimum atomic E-state index is -1.90. The fourth-order valence-corrected chi connectivity index (χ4v) is 2.87. The van der Waals surface area contributed by atoms with Crippen LogP contribution in [0.4, 0.5) is 0 Å². The third-order valence-corrected chi connectivity index (χ3v) is 3.73. The molecule has 1 atom stereocenters. The minimum Gasteiger partial charge on any atom is -0.253 e. The SMILES string of the molecule is O=P12c3n[nH][n+]1c32. The second kappa shape index (κ2) is 0.383. The molecular weight excluding hydrogens is 113 g/mol. The van der Waals surface area contributed by atoms with Crippen LogP contribution >= 0.6 is 7.29 Å². The van der Waals surface area contributed by atoms with E-state index in [0.29, 0.717) is 0 Å². The monoisotopic (exact) mass is 114 g/mol. The zero-order valence-electron chi connectivity index (χ0n) is 3.25. The van der Waals surface area contributed by atoms with Crippen molar-refractivity contribution in [1.29, 1.82) is 0 Å². The Balaban J connectivity index is 2.90. The summed E-state index contributed by atoms with van der Waals surface area (Å²) in [6.07, 6.45) is 0. The van der Waals surface area contributed by atoms with E-state index in [-0.39, 0.29) is 0 Å². The Kier molecular flexibility index (Phi) is 0.143. The maximum Gasteiger partial charge on any atom is 0.422 e. The van der Waals surface area contributed by atoms with Crippen molar-refractivity contribution >= 4 is 18.2 Å². The zero-order valence-corrected chi connectivity index (χ0v) is 4.14. The van der Waals surface area contributed by atoms with Gasteiger partial charge in [0.1, 0.15) is 0 Å². The fourth-order valence-electron chi connectivity index (χ4n) is 0.872. The molecule has 7 heavy (non-hydrogen) atoms. The second-order valence-electron chi connectivity index (χ2n) is 1.75. The fraction of sp³-hybridized carbons (Fsp3) is 0. The van der Waals surface area contributed by atoms with E-state index in [1.165, 1.54) is 0 Å². The Morgan fingerprint density at radius 2 is 2.57 bits per heavy atom. The molecule has 0 aromatic carbocycles. The van der Waals surface area contributed by atoms with Crippen molar-refractivity contribution < 1.29 is 9.02 Å². The summed E-state index contributed by atoms with van der Waals surface area (Å²) >= 11 is 0. The Labute approximate surface area is 38.6 Å². The molecule has 1 aromatic heterocycles. The van der Waals surface area contributed by atoms with E-state index in [1.54, 1.807) is 4.45 Å². The average Bonchev–Trinajstić information content (AvgIpc) is 2.38. The van der Waals surface area contributed by atoms with Crippen LogP contribution in [0.25, 0.3) is 0 Å². The van der Waals surface area contributed by atoms with Gasteiger partial charge in [0.25, 0.3) is 0 Å². The molecule has 4 rings (SSSR count). The quantitative estimate of drug-likeness (QED) is 0.347. The first-order chi connectivity index (χ1) is 3.35. The van der Waals surface area contributed by atoms with Gasteiger partial charge in [-0.15, -0.1) is 0 Å². The minimum absolute atomic E-state index is 0.826. The lowest BCUT2D eigenvalue weighted by molar-refractivity contribution is -0.520. The van der Waals surface area contributed by atoms with Crippen LogP contribution in [0.3, 0.4) is 0 Å². The molecule has 34 valence electrons. The highest BCUT2D eigenvalue weighted by molar-refractivity contribution is 7.88. The molecule has 1 N–H and O–H groups in total. The van der Waals surface area contributed by atoms with E-state index in [2.05, 4.69) is 10.3 Å². The highest BCUT2D eigenvalue weighted by Crippen LogP contribution is 2.58. The van der Waals surface area contributed by atoms with Crippen molar-refractivity contribution in [3.05, 3.63) is 0 Å². The van der Waals surface area contributed by atoms with E-state index >= 15 is 0 Å². The van der Waals surface area contributed by atoms with Gasteiger partial charge in [-0.3, -0.25) is 4.57 Å². The third-order valence-electron chi connectivity index (χ3n) is 1.42. The summed E-state index contributed by atoms with van der Waals surface area (Å²) in [4.78, 5) is 0. The first-order valence-corrected chi connectivity index (χ1v) is 3.63. The Morgan fingerprint density at radius 3 is 2.71 bits per heavy atom. The normalized spacial score (nSPS) is 37.7. The van der Waals surface area contributed by atoms with Crippen LogP contribution in [0.2, 0.25) is 0 Å². The van der Waals surface area contributed by atoms with Gasteiger partial charge < -0.3 is 0 Å². The van der Waals surface area contributed by atoms with Gasteiger partial charge in [0.05, 0.1) is 5.10 Å². The van der Waals surface area contributed by atoms with Gasteiger partial charge in [0.2, 0.25) is 0 Å². The summed E-state index contributed by atoms with van der Waals surface area (Å²) in [5, 5.41) is 6.30. The van der Waals surface area contributed by atoms with Crippen molar-refractivity contribution in [2.45, 2.75) is 0 Å². The molecule has 0 spiro atoms. The maximum atomic E-state index is 10.8. The van der Waals surface area contributed by atoms with Gasteiger partial charge in [0.15, 0.2) is 0 Å². The van der Waals surface area contributed by atoms with Gasteiger partial charge in [-0.05, 0) is 0 Å². The van der Waals surface area contributed by atoms with Crippen LogP contribution in [0.15, 0.2) is 0 Å². The number of hydrogen-bond acceptors (Lipinski definition) is 2. The lowest BCUT2D eigenvalue weighted by Crippen LogP contribution is -2.22. The number of hydrogen-bond donors (Lipinski definition) is 1. The van der Waals surface area contributed by atoms with E-state index in [1.807, 2.05) is 0 Å². The van der Waals surface area contributed by atoms with Crippen LogP contribution in [0.5, 0.6) is 0 Å². The lowest BCUT2D eigenvalue weighted by Gasteiger charge is -1.54. The van der Waals surface area contributed by atoms with Gasteiger partial charge in [-0.1, -0.05) is 9.67 Å². The first kappa shape index (κ1) is 2.62. The highest BCUT2D eigenvalue weighted by Gasteiger charge is 2.86. The topological polar surface area (TPSA) is 49.6 Å². The Bertz CT molecular complexity index is 273. The number of H-pyrrole nitrogens is 1. The van der Waals surface area contributed by atoms with Crippen molar-refractivity contribution in [2.24, 2.45) is 0 Å². The lowest BCUT2D eigenvalue weighted by atomic mass is 11.0. The molecule has 5 heteroatoms. The van der Waals surface area contributed by atoms with Crippen LogP contribution < -0.4 is 15.3 Å². The summed E-state index contributed by atoms with van der Waals surface area (Å²) in [6.45, 7) is 0. The van der Waals surface area contributed by atoms with Crippen LogP contribution in [-0.2, 0) is 4.57 Å². The molecule has 0 saturated carbocycles. The molecule has 1 aromatic rings. The molecule has 0 amide bonds. The van der Waals surface area contributed by atoms with E-state index in [4.69, 9.17) is 0 Å². The number of aromatic nitrogens is 3. The molecule has 4 heterocycles. The van der Waals surface area contributed by atoms with E-state index in [0.717, 1.165) is 10.9 Å². The van der Waals surface area contributed by atoms with Gasteiger partial charge in [0, 0.05) is 0 Å². The maximum absolute atomic E-state index is 10.8. The van der Waals surface area contributed by atoms with Crippen molar-refractivity contribution in [1.82, 2.24) is 10.3 Å². The molecular formula is C2HN3OP+. The largest absolute Gasteiger partial charge is 0.422 e. The van der Waals surface area contributed by atoms with E-state index in [9.17, 15) is 4.57 Å². The Hall–Kier alpha value is -0.630. The second-order valence-corrected chi connectivity index (χ2v) is 4.15. The predicted molar refractivity (Wildman–Crippen MR) is 21.1 cm³/mol. The van der Waals surface area contributed by atoms with Gasteiger partial charge in [-0.2, -0.15) is 0 Å². The van der Waals surface area contributed by atoms with Gasteiger partial charge in [-0.25, -0.2) is 0 Å². The van der Waals surface area contributed by atoms with Crippen molar-refractivity contribution in [3.8, 4) is 0 Å². The highest BCUT2D eigenvalue weighted by atomic mass is 31.2. The molecule has 3 aliphatic rings. The van der Waals surface area contributed by atoms with Crippen molar-refractivity contribution in [2.75, 3.05) is 0 Å². The van der Waals surface area contributed by atoms with Crippen LogP contribution in [-0.4, -0.2) is 10.3 Å². The predicted octanol–water partition coefficient (Wildman–Crippen LogP) is -1.90. The summed E-state index contributed by atoms with van der Waals surface area (Å²) in [5.41, 5.74) is 1.79. The smallest absolute Gasteiger partial charge is 0.253 e. The molecule has 4 nitrogen and oxygen atoms in total. The molecule has 3 aliphatic heterocycles. The van der Waals surface area contributed by atoms with Gasteiger partial charge >= 0.3 is 18.2 Å². The molecule has 1 unspecified atom stereocenters. The Morgan fingerprint density at radius 1 is 1.86 bits per heavy atom. The summed E-state index contributed by atoms with van der Waals surface area (Å²) in [6, 6.07) is 0. The molecule has 0 saturated heterocycles. The summed E-state index contributed by atoms with van der Waals surface area (Å²) in [5.74, 6) is 0. The molecule has 2 bridgehead atoms. The summed E-state index contributed by atoms with van der Waals surface area (Å²) < 4.78 is 12.4.